The van der Waals surface area contributed by atoms with Gasteiger partial charge in [-0.3, -0.25) is 4.79 Å². The first kappa shape index (κ1) is 14.1. The first-order chi connectivity index (χ1) is 9.56. The van der Waals surface area contributed by atoms with Crippen LogP contribution in [0.4, 0.5) is 10.1 Å². The Morgan fingerprint density at radius 3 is 2.65 bits per heavy atom. The van der Waals surface area contributed by atoms with E-state index in [1.165, 1.54) is 18.2 Å². The molecule has 1 unspecified atom stereocenters. The lowest BCUT2D eigenvalue weighted by atomic mass is 10.1. The zero-order valence-corrected chi connectivity index (χ0v) is 11.3. The minimum absolute atomic E-state index is 0.0232. The summed E-state index contributed by atoms with van der Waals surface area (Å²) in [6, 6.07) is 13.7. The van der Waals surface area contributed by atoms with Gasteiger partial charge in [0.2, 0.25) is 0 Å². The molecule has 2 rings (SSSR count). The fourth-order valence-electron chi connectivity index (χ4n) is 2.04. The normalized spacial score (nSPS) is 11.9. The molecule has 0 heterocycles. The van der Waals surface area contributed by atoms with Gasteiger partial charge in [0.05, 0.1) is 5.56 Å². The largest absolute Gasteiger partial charge is 0.399 e. The molecule has 0 fully saturated rings. The van der Waals surface area contributed by atoms with Crippen molar-refractivity contribution in [2.45, 2.75) is 19.4 Å². The monoisotopic (exact) mass is 272 g/mol. The summed E-state index contributed by atoms with van der Waals surface area (Å²) in [4.78, 5) is 12.0. The highest BCUT2D eigenvalue weighted by Crippen LogP contribution is 2.12. The maximum absolute atomic E-state index is 13.6. The number of nitrogens with one attached hydrogen (secondary N) is 1. The Bertz CT molecular complexity index is 599. The van der Waals surface area contributed by atoms with Crippen molar-refractivity contribution in [3.63, 3.8) is 0 Å². The average molecular weight is 272 g/mol. The molecule has 2 aromatic rings. The van der Waals surface area contributed by atoms with E-state index in [0.717, 1.165) is 5.56 Å². The zero-order chi connectivity index (χ0) is 14.5. The van der Waals surface area contributed by atoms with Crippen molar-refractivity contribution in [1.82, 2.24) is 5.32 Å². The lowest BCUT2D eigenvalue weighted by Gasteiger charge is -2.14. The molecule has 0 aromatic heterocycles. The van der Waals surface area contributed by atoms with E-state index in [1.54, 1.807) is 0 Å². The van der Waals surface area contributed by atoms with Gasteiger partial charge in [-0.15, -0.1) is 0 Å². The van der Waals surface area contributed by atoms with E-state index in [-0.39, 0.29) is 11.6 Å². The van der Waals surface area contributed by atoms with Gasteiger partial charge in [0.15, 0.2) is 0 Å². The maximum atomic E-state index is 13.6. The molecule has 104 valence electrons. The van der Waals surface area contributed by atoms with Gasteiger partial charge < -0.3 is 11.1 Å². The van der Waals surface area contributed by atoms with Crippen LogP contribution in [-0.4, -0.2) is 11.9 Å². The summed E-state index contributed by atoms with van der Waals surface area (Å²) in [5.74, 6) is -1.01. The van der Waals surface area contributed by atoms with Gasteiger partial charge in [0.1, 0.15) is 5.82 Å². The van der Waals surface area contributed by atoms with Gasteiger partial charge in [0, 0.05) is 11.7 Å². The number of hydrogen-bond acceptors (Lipinski definition) is 2. The SMILES string of the molecule is CC(Cc1ccccc1)NC(=O)c1cc(N)ccc1F. The molecule has 20 heavy (non-hydrogen) atoms. The van der Waals surface area contributed by atoms with Crippen LogP contribution in [0.25, 0.3) is 0 Å². The molecule has 0 aliphatic rings. The molecular formula is C16H17FN2O. The lowest BCUT2D eigenvalue weighted by Crippen LogP contribution is -2.34. The second-order valence-electron chi connectivity index (χ2n) is 4.80. The molecule has 0 spiro atoms. The Labute approximate surface area is 117 Å². The third-order valence-electron chi connectivity index (χ3n) is 3.00. The van der Waals surface area contributed by atoms with E-state index < -0.39 is 11.7 Å². The quantitative estimate of drug-likeness (QED) is 0.841. The lowest BCUT2D eigenvalue weighted by molar-refractivity contribution is 0.0936. The van der Waals surface area contributed by atoms with Crippen molar-refractivity contribution < 1.29 is 9.18 Å². The Kier molecular flexibility index (Phi) is 4.35. The van der Waals surface area contributed by atoms with Gasteiger partial charge in [0.25, 0.3) is 5.91 Å². The number of anilines is 1. The summed E-state index contributed by atoms with van der Waals surface area (Å²) >= 11 is 0. The van der Waals surface area contributed by atoms with Crippen molar-refractivity contribution in [1.29, 1.82) is 0 Å². The summed E-state index contributed by atoms with van der Waals surface area (Å²) < 4.78 is 13.6. The summed E-state index contributed by atoms with van der Waals surface area (Å²) in [5, 5.41) is 2.78. The van der Waals surface area contributed by atoms with E-state index in [4.69, 9.17) is 5.73 Å². The molecule has 0 bridgehead atoms. The molecule has 1 atom stereocenters. The molecule has 0 saturated heterocycles. The first-order valence-corrected chi connectivity index (χ1v) is 6.46. The Morgan fingerprint density at radius 2 is 1.95 bits per heavy atom. The van der Waals surface area contributed by atoms with E-state index in [9.17, 15) is 9.18 Å². The molecule has 2 aromatic carbocycles. The highest BCUT2D eigenvalue weighted by Gasteiger charge is 2.14. The topological polar surface area (TPSA) is 55.1 Å². The van der Waals surface area contributed by atoms with Crippen LogP contribution >= 0.6 is 0 Å². The number of carbonyl (C=O) groups excluding carboxylic acids is 1. The third kappa shape index (κ3) is 3.57. The van der Waals surface area contributed by atoms with Gasteiger partial charge in [-0.2, -0.15) is 0 Å². The average Bonchev–Trinajstić information content (AvgIpc) is 2.42. The second-order valence-corrected chi connectivity index (χ2v) is 4.80. The van der Waals surface area contributed by atoms with Crippen LogP contribution < -0.4 is 11.1 Å². The number of rotatable bonds is 4. The number of halogens is 1. The van der Waals surface area contributed by atoms with Crippen molar-refractivity contribution in [2.24, 2.45) is 0 Å². The Balaban J connectivity index is 2.02. The minimum Gasteiger partial charge on any atom is -0.399 e. The van der Waals surface area contributed by atoms with Crippen LogP contribution in [0, 0.1) is 5.82 Å². The number of nitrogen functional groups attached to an aromatic ring is 1. The van der Waals surface area contributed by atoms with Crippen LogP contribution in [0.1, 0.15) is 22.8 Å². The van der Waals surface area contributed by atoms with Crippen molar-refractivity contribution in [2.75, 3.05) is 5.73 Å². The number of nitrogens with two attached hydrogens (primary N) is 1. The summed E-state index contributed by atoms with van der Waals surface area (Å²) in [6.45, 7) is 1.88. The molecule has 1 amide bonds. The van der Waals surface area contributed by atoms with E-state index in [0.29, 0.717) is 12.1 Å². The fourth-order valence-corrected chi connectivity index (χ4v) is 2.04. The van der Waals surface area contributed by atoms with Gasteiger partial charge >= 0.3 is 0 Å². The number of amides is 1. The number of hydrogen-bond donors (Lipinski definition) is 2. The van der Waals surface area contributed by atoms with Crippen LogP contribution in [0.15, 0.2) is 48.5 Å². The van der Waals surface area contributed by atoms with E-state index in [1.807, 2.05) is 37.3 Å². The van der Waals surface area contributed by atoms with Crippen molar-refractivity contribution in [3.8, 4) is 0 Å². The summed E-state index contributed by atoms with van der Waals surface area (Å²) in [7, 11) is 0. The number of benzene rings is 2. The highest BCUT2D eigenvalue weighted by molar-refractivity contribution is 5.95. The fraction of sp³-hybridized carbons (Fsp3) is 0.188. The molecule has 0 radical (unpaired) electrons. The Morgan fingerprint density at radius 1 is 1.25 bits per heavy atom. The van der Waals surface area contributed by atoms with Crippen LogP contribution in [0.2, 0.25) is 0 Å². The number of carbonyl (C=O) groups is 1. The second kappa shape index (κ2) is 6.19. The van der Waals surface area contributed by atoms with E-state index in [2.05, 4.69) is 5.32 Å². The van der Waals surface area contributed by atoms with Crippen LogP contribution in [0.3, 0.4) is 0 Å². The van der Waals surface area contributed by atoms with Gasteiger partial charge in [-0.05, 0) is 37.1 Å². The molecule has 0 saturated carbocycles. The first-order valence-electron chi connectivity index (χ1n) is 6.46. The summed E-state index contributed by atoms with van der Waals surface area (Å²) in [6.07, 6.45) is 0.691. The van der Waals surface area contributed by atoms with E-state index >= 15 is 0 Å². The zero-order valence-electron chi connectivity index (χ0n) is 11.3. The predicted molar refractivity (Wildman–Crippen MR) is 77.9 cm³/mol. The smallest absolute Gasteiger partial charge is 0.254 e. The van der Waals surface area contributed by atoms with Crippen molar-refractivity contribution in [3.05, 3.63) is 65.5 Å². The minimum atomic E-state index is -0.566. The van der Waals surface area contributed by atoms with Gasteiger partial charge in [-0.1, -0.05) is 30.3 Å². The van der Waals surface area contributed by atoms with Gasteiger partial charge in [-0.25, -0.2) is 4.39 Å². The maximum Gasteiger partial charge on any atom is 0.254 e. The molecule has 4 heteroatoms. The molecule has 3 N–H and O–H groups in total. The predicted octanol–water partition coefficient (Wildman–Crippen LogP) is 2.77. The standard InChI is InChI=1S/C16H17FN2O/c1-11(9-12-5-3-2-4-6-12)19-16(20)14-10-13(18)7-8-15(14)17/h2-8,10-11H,9,18H2,1H3,(H,19,20). The molecule has 3 nitrogen and oxygen atoms in total. The molecular weight excluding hydrogens is 255 g/mol. The summed E-state index contributed by atoms with van der Waals surface area (Å²) in [5.41, 5.74) is 7.04. The molecule has 0 aliphatic heterocycles. The van der Waals surface area contributed by atoms with Crippen molar-refractivity contribution >= 4 is 11.6 Å². The third-order valence-corrected chi connectivity index (χ3v) is 3.00. The molecule has 0 aliphatic carbocycles. The highest BCUT2D eigenvalue weighted by atomic mass is 19.1. The Hall–Kier alpha value is -2.36. The van der Waals surface area contributed by atoms with Crippen LogP contribution in [-0.2, 0) is 6.42 Å². The van der Waals surface area contributed by atoms with Crippen LogP contribution in [0.5, 0.6) is 0 Å².